The average molecular weight is 444 g/mol. The number of aromatic nitrogens is 1. The molecule has 8 heteroatoms. The first kappa shape index (κ1) is 21.3. The average Bonchev–Trinajstić information content (AvgIpc) is 3.15. The predicted octanol–water partition coefficient (Wildman–Crippen LogP) is 2.09. The molecule has 3 aliphatic rings. The summed E-state index contributed by atoms with van der Waals surface area (Å²) in [5, 5.41) is 11.4. The second kappa shape index (κ2) is 8.75. The Bertz CT molecular complexity index is 1160. The summed E-state index contributed by atoms with van der Waals surface area (Å²) in [6, 6.07) is 13.1. The summed E-state index contributed by atoms with van der Waals surface area (Å²) in [5.41, 5.74) is 4.21. The number of pyridine rings is 1. The minimum Gasteiger partial charge on any atom is -0.322 e. The maximum atomic E-state index is 12.9. The van der Waals surface area contributed by atoms with E-state index in [1.54, 1.807) is 11.0 Å². The summed E-state index contributed by atoms with van der Waals surface area (Å²) in [6.07, 6.45) is 2.67. The molecule has 3 amide bonds. The first-order chi connectivity index (χ1) is 16.0. The van der Waals surface area contributed by atoms with Gasteiger partial charge in [-0.1, -0.05) is 18.2 Å². The van der Waals surface area contributed by atoms with Crippen LogP contribution in [0.5, 0.6) is 0 Å². The van der Waals surface area contributed by atoms with Gasteiger partial charge in [0.1, 0.15) is 17.8 Å². The number of likely N-dealkylation sites (tertiary alicyclic amines) is 1. The number of rotatable bonds is 4. The van der Waals surface area contributed by atoms with E-state index < -0.39 is 6.04 Å². The normalized spacial score (nSPS) is 21.6. The van der Waals surface area contributed by atoms with Gasteiger partial charge in [0.15, 0.2) is 0 Å². The highest BCUT2D eigenvalue weighted by molar-refractivity contribution is 6.05. The van der Waals surface area contributed by atoms with Crippen molar-refractivity contribution < 1.29 is 14.4 Å². The minimum absolute atomic E-state index is 0.132. The standard InChI is InChI=1S/C25H25N5O3/c26-13-19-2-1-3-20(27-19)15-29-10-8-16(9-11-29)17-4-5-21-18(12-17)14-30(25(21)33)22-6-7-23(31)28-24(22)32/h1-5,12,16,22H,6-11,14-15H2,(H,28,31,32). The Kier molecular flexibility index (Phi) is 5.65. The molecule has 0 aliphatic carbocycles. The molecule has 4 heterocycles. The lowest BCUT2D eigenvalue weighted by Gasteiger charge is -2.32. The van der Waals surface area contributed by atoms with Crippen LogP contribution in [0.3, 0.4) is 0 Å². The SMILES string of the molecule is N#Cc1cccc(CN2CCC(c3ccc4c(c3)CN(C3CCC(=O)NC3=O)C4=O)CC2)n1. The molecule has 3 aliphatic heterocycles. The number of carbonyl (C=O) groups excluding carboxylic acids is 3. The van der Waals surface area contributed by atoms with Crippen molar-refractivity contribution >= 4 is 17.7 Å². The van der Waals surface area contributed by atoms with Gasteiger partial charge in [0.25, 0.3) is 5.91 Å². The number of imide groups is 1. The zero-order valence-corrected chi connectivity index (χ0v) is 18.3. The number of fused-ring (bicyclic) bond motifs is 1. The second-order valence-corrected chi connectivity index (χ2v) is 8.99. The number of hydrogen-bond donors (Lipinski definition) is 1. The molecule has 168 valence electrons. The van der Waals surface area contributed by atoms with E-state index in [1.807, 2.05) is 24.3 Å². The lowest BCUT2D eigenvalue weighted by molar-refractivity contribution is -0.136. The van der Waals surface area contributed by atoms with Crippen molar-refractivity contribution in [2.45, 2.75) is 50.7 Å². The summed E-state index contributed by atoms with van der Waals surface area (Å²) < 4.78 is 0. The van der Waals surface area contributed by atoms with Gasteiger partial charge in [0, 0.05) is 25.1 Å². The molecule has 1 aromatic carbocycles. The third-order valence-electron chi connectivity index (χ3n) is 6.91. The molecule has 33 heavy (non-hydrogen) atoms. The van der Waals surface area contributed by atoms with E-state index in [0.717, 1.165) is 43.7 Å². The Balaban J connectivity index is 1.22. The van der Waals surface area contributed by atoms with Crippen molar-refractivity contribution in [3.05, 3.63) is 64.5 Å². The topological polar surface area (TPSA) is 106 Å². The smallest absolute Gasteiger partial charge is 0.255 e. The van der Waals surface area contributed by atoms with E-state index in [0.29, 0.717) is 30.1 Å². The van der Waals surface area contributed by atoms with Gasteiger partial charge in [-0.15, -0.1) is 0 Å². The number of piperidine rings is 2. The Morgan fingerprint density at radius 1 is 1.09 bits per heavy atom. The first-order valence-corrected chi connectivity index (χ1v) is 11.4. The summed E-state index contributed by atoms with van der Waals surface area (Å²) in [5.74, 6) is -0.366. The van der Waals surface area contributed by atoms with E-state index in [2.05, 4.69) is 27.3 Å². The zero-order chi connectivity index (χ0) is 22.9. The molecule has 2 aromatic rings. The van der Waals surface area contributed by atoms with E-state index in [9.17, 15) is 14.4 Å². The highest BCUT2D eigenvalue weighted by Gasteiger charge is 2.39. The van der Waals surface area contributed by atoms with Crippen molar-refractivity contribution in [1.29, 1.82) is 5.26 Å². The van der Waals surface area contributed by atoms with Crippen LogP contribution in [0.1, 0.15) is 64.5 Å². The molecule has 0 radical (unpaired) electrons. The fourth-order valence-corrected chi connectivity index (χ4v) is 5.13. The van der Waals surface area contributed by atoms with Crippen LogP contribution in [-0.4, -0.2) is 51.6 Å². The van der Waals surface area contributed by atoms with E-state index in [-0.39, 0.29) is 24.1 Å². The maximum absolute atomic E-state index is 12.9. The van der Waals surface area contributed by atoms with Crippen molar-refractivity contribution in [2.24, 2.45) is 0 Å². The monoisotopic (exact) mass is 443 g/mol. The number of benzene rings is 1. The summed E-state index contributed by atoms with van der Waals surface area (Å²) >= 11 is 0. The lowest BCUT2D eigenvalue weighted by Crippen LogP contribution is -2.52. The number of hydrogen-bond acceptors (Lipinski definition) is 6. The number of nitrogens with zero attached hydrogens (tertiary/aromatic N) is 4. The Morgan fingerprint density at radius 3 is 2.67 bits per heavy atom. The van der Waals surface area contributed by atoms with Crippen LogP contribution >= 0.6 is 0 Å². The Labute approximate surface area is 192 Å². The van der Waals surface area contributed by atoms with Gasteiger partial charge in [-0.25, -0.2) is 4.98 Å². The van der Waals surface area contributed by atoms with Crippen LogP contribution in [0.4, 0.5) is 0 Å². The van der Waals surface area contributed by atoms with Crippen molar-refractivity contribution in [3.63, 3.8) is 0 Å². The van der Waals surface area contributed by atoms with E-state index >= 15 is 0 Å². The molecular weight excluding hydrogens is 418 g/mol. The number of amides is 3. The third-order valence-corrected chi connectivity index (χ3v) is 6.91. The highest BCUT2D eigenvalue weighted by Crippen LogP contribution is 2.33. The molecule has 1 aromatic heterocycles. The van der Waals surface area contributed by atoms with Gasteiger partial charge in [-0.05, 0) is 67.6 Å². The molecule has 2 saturated heterocycles. The van der Waals surface area contributed by atoms with Crippen LogP contribution in [0.15, 0.2) is 36.4 Å². The van der Waals surface area contributed by atoms with Gasteiger partial charge in [0.05, 0.1) is 5.69 Å². The molecular formula is C25H25N5O3. The van der Waals surface area contributed by atoms with Gasteiger partial charge < -0.3 is 4.90 Å². The molecule has 5 rings (SSSR count). The number of nitriles is 1. The van der Waals surface area contributed by atoms with Gasteiger partial charge in [-0.2, -0.15) is 5.26 Å². The largest absolute Gasteiger partial charge is 0.322 e. The van der Waals surface area contributed by atoms with Crippen molar-refractivity contribution in [2.75, 3.05) is 13.1 Å². The Morgan fingerprint density at radius 2 is 1.91 bits per heavy atom. The Hall–Kier alpha value is -3.57. The summed E-state index contributed by atoms with van der Waals surface area (Å²) in [6.45, 7) is 3.04. The molecule has 0 saturated carbocycles. The van der Waals surface area contributed by atoms with Crippen LogP contribution < -0.4 is 5.32 Å². The fourth-order valence-electron chi connectivity index (χ4n) is 5.13. The lowest BCUT2D eigenvalue weighted by atomic mass is 9.88. The molecule has 1 unspecified atom stereocenters. The first-order valence-electron chi connectivity index (χ1n) is 11.4. The van der Waals surface area contributed by atoms with Gasteiger partial charge >= 0.3 is 0 Å². The van der Waals surface area contributed by atoms with E-state index in [4.69, 9.17) is 5.26 Å². The predicted molar refractivity (Wildman–Crippen MR) is 119 cm³/mol. The fraction of sp³-hybridized carbons (Fsp3) is 0.400. The third kappa shape index (κ3) is 4.24. The van der Waals surface area contributed by atoms with Crippen molar-refractivity contribution in [3.8, 4) is 6.07 Å². The van der Waals surface area contributed by atoms with Crippen LogP contribution in [0.25, 0.3) is 0 Å². The zero-order valence-electron chi connectivity index (χ0n) is 18.3. The van der Waals surface area contributed by atoms with Crippen LogP contribution in [-0.2, 0) is 22.7 Å². The molecule has 8 nitrogen and oxygen atoms in total. The summed E-state index contributed by atoms with van der Waals surface area (Å²) in [4.78, 5) is 44.9. The van der Waals surface area contributed by atoms with E-state index in [1.165, 1.54) is 5.56 Å². The minimum atomic E-state index is -0.581. The van der Waals surface area contributed by atoms with Crippen molar-refractivity contribution in [1.82, 2.24) is 20.1 Å². The second-order valence-electron chi connectivity index (χ2n) is 8.99. The molecule has 1 N–H and O–H groups in total. The molecule has 1 atom stereocenters. The van der Waals surface area contributed by atoms with Gasteiger partial charge in [0.2, 0.25) is 11.8 Å². The molecule has 0 bridgehead atoms. The highest BCUT2D eigenvalue weighted by atomic mass is 16.2. The maximum Gasteiger partial charge on any atom is 0.255 e. The van der Waals surface area contributed by atoms with Crippen LogP contribution in [0, 0.1) is 11.3 Å². The summed E-state index contributed by atoms with van der Waals surface area (Å²) in [7, 11) is 0. The molecule has 2 fully saturated rings. The van der Waals surface area contributed by atoms with Crippen LogP contribution in [0.2, 0.25) is 0 Å². The number of nitrogens with one attached hydrogen (secondary N) is 1. The number of carbonyl (C=O) groups is 3. The molecule has 0 spiro atoms. The quantitative estimate of drug-likeness (QED) is 0.726. The van der Waals surface area contributed by atoms with Gasteiger partial charge in [-0.3, -0.25) is 24.6 Å².